The second-order valence-corrected chi connectivity index (χ2v) is 6.88. The number of halogens is 5. The molecule has 1 aliphatic heterocycles. The number of aliphatic carboxylic acids is 1. The van der Waals surface area contributed by atoms with E-state index >= 15 is 0 Å². The van der Waals surface area contributed by atoms with E-state index in [2.05, 4.69) is 5.32 Å². The van der Waals surface area contributed by atoms with Gasteiger partial charge in [-0.25, -0.2) is 9.59 Å². The van der Waals surface area contributed by atoms with Crippen LogP contribution in [0.15, 0.2) is 18.2 Å². The average Bonchev–Trinajstić information content (AvgIpc) is 3.03. The van der Waals surface area contributed by atoms with Gasteiger partial charge in [-0.2, -0.15) is 13.2 Å². The first-order valence-corrected chi connectivity index (χ1v) is 9.07. The minimum Gasteiger partial charge on any atom is -0.475 e. The van der Waals surface area contributed by atoms with E-state index in [1.165, 1.54) is 12.1 Å². The van der Waals surface area contributed by atoms with Crippen LogP contribution in [0.4, 0.5) is 13.2 Å². The molecule has 0 aliphatic carbocycles. The van der Waals surface area contributed by atoms with Crippen LogP contribution in [0.3, 0.4) is 0 Å². The van der Waals surface area contributed by atoms with Crippen LogP contribution in [-0.4, -0.2) is 54.1 Å². The third-order valence-corrected chi connectivity index (χ3v) is 4.50. The average molecular weight is 473 g/mol. The number of carbonyl (C=O) groups excluding carboxylic acids is 3. The Morgan fingerprint density at radius 2 is 1.80 bits per heavy atom. The number of carbonyl (C=O) groups is 4. The lowest BCUT2D eigenvalue weighted by atomic mass is 9.97. The summed E-state index contributed by atoms with van der Waals surface area (Å²) < 4.78 is 36.7. The van der Waals surface area contributed by atoms with E-state index in [1.54, 1.807) is 6.07 Å². The minimum atomic E-state index is -5.08. The molecule has 1 heterocycles. The molecule has 0 saturated carbocycles. The van der Waals surface area contributed by atoms with Gasteiger partial charge in [0.1, 0.15) is 0 Å². The van der Waals surface area contributed by atoms with Crippen LogP contribution in [0.25, 0.3) is 0 Å². The summed E-state index contributed by atoms with van der Waals surface area (Å²) in [6.45, 7) is 0.0975. The molecule has 2 atom stereocenters. The number of alkyl halides is 3. The Morgan fingerprint density at radius 1 is 1.27 bits per heavy atom. The van der Waals surface area contributed by atoms with Crippen molar-refractivity contribution in [1.82, 2.24) is 5.32 Å². The van der Waals surface area contributed by atoms with Crippen LogP contribution in [0, 0.1) is 5.92 Å². The SMILES string of the molecule is NC(C[C@@H]1CCNC1=O)C(=O)COC(=O)c1c(Cl)cccc1Cl.O=C(O)C(F)(F)F. The van der Waals surface area contributed by atoms with Gasteiger partial charge in [0.15, 0.2) is 12.4 Å². The van der Waals surface area contributed by atoms with Crippen LogP contribution >= 0.6 is 23.2 Å². The van der Waals surface area contributed by atoms with Crippen molar-refractivity contribution < 1.29 is 42.2 Å². The Morgan fingerprint density at radius 3 is 2.23 bits per heavy atom. The summed E-state index contributed by atoms with van der Waals surface area (Å²) in [6, 6.07) is 3.72. The third-order valence-electron chi connectivity index (χ3n) is 3.87. The van der Waals surface area contributed by atoms with Gasteiger partial charge >= 0.3 is 18.1 Å². The second-order valence-electron chi connectivity index (χ2n) is 6.06. The number of nitrogens with one attached hydrogen (secondary N) is 1. The zero-order valence-corrected chi connectivity index (χ0v) is 16.7. The van der Waals surface area contributed by atoms with Crippen molar-refractivity contribution in [2.24, 2.45) is 11.7 Å². The third kappa shape index (κ3) is 7.81. The number of carboxylic acids is 1. The predicted octanol–water partition coefficient (Wildman–Crippen LogP) is 2.21. The van der Waals surface area contributed by atoms with Gasteiger partial charge in [0.05, 0.1) is 21.7 Å². The number of rotatable bonds is 6. The number of carboxylic acid groups (broad SMARTS) is 1. The molecule has 0 aromatic heterocycles. The fraction of sp³-hybridized carbons (Fsp3) is 0.412. The normalized spacial score (nSPS) is 16.7. The van der Waals surface area contributed by atoms with Gasteiger partial charge in [-0.05, 0) is 25.0 Å². The summed E-state index contributed by atoms with van der Waals surface area (Å²) in [5, 5.41) is 10.1. The highest BCUT2D eigenvalue weighted by molar-refractivity contribution is 6.39. The molecule has 0 bridgehead atoms. The molecule has 166 valence electrons. The lowest BCUT2D eigenvalue weighted by Gasteiger charge is -2.14. The van der Waals surface area contributed by atoms with Crippen LogP contribution in [0.1, 0.15) is 23.2 Å². The molecule has 1 saturated heterocycles. The number of nitrogens with two attached hydrogens (primary N) is 1. The Bertz CT molecular complexity index is 799. The summed E-state index contributed by atoms with van der Waals surface area (Å²) in [7, 11) is 0. The molecule has 30 heavy (non-hydrogen) atoms. The number of ketones is 1. The smallest absolute Gasteiger partial charge is 0.475 e. The second kappa shape index (κ2) is 11.1. The topological polar surface area (TPSA) is 136 Å². The van der Waals surface area contributed by atoms with E-state index in [1.807, 2.05) is 0 Å². The van der Waals surface area contributed by atoms with E-state index in [-0.39, 0.29) is 33.9 Å². The monoisotopic (exact) mass is 472 g/mol. The van der Waals surface area contributed by atoms with Crippen molar-refractivity contribution in [2.45, 2.75) is 25.1 Å². The van der Waals surface area contributed by atoms with Crippen molar-refractivity contribution >= 4 is 46.8 Å². The first-order valence-electron chi connectivity index (χ1n) is 8.31. The number of Topliss-reactive ketones (excluding diaryl/α,β-unsaturated/α-hetero) is 1. The van der Waals surface area contributed by atoms with Gasteiger partial charge in [0.25, 0.3) is 0 Å². The maximum Gasteiger partial charge on any atom is 0.490 e. The van der Waals surface area contributed by atoms with Crippen LogP contribution in [-0.2, 0) is 19.1 Å². The Hall–Kier alpha value is -2.37. The Labute approximate surface area is 178 Å². The maximum absolute atomic E-state index is 12.0. The van der Waals surface area contributed by atoms with Gasteiger partial charge in [-0.15, -0.1) is 0 Å². The predicted molar refractivity (Wildman–Crippen MR) is 99.2 cm³/mol. The van der Waals surface area contributed by atoms with E-state index < -0.39 is 36.5 Å². The van der Waals surface area contributed by atoms with E-state index in [0.29, 0.717) is 13.0 Å². The van der Waals surface area contributed by atoms with Crippen LogP contribution in [0.2, 0.25) is 10.0 Å². The van der Waals surface area contributed by atoms with Crippen LogP contribution in [0.5, 0.6) is 0 Å². The highest BCUT2D eigenvalue weighted by atomic mass is 35.5. The Kier molecular flexibility index (Phi) is 9.53. The van der Waals surface area contributed by atoms with Gasteiger partial charge in [0.2, 0.25) is 5.91 Å². The van der Waals surface area contributed by atoms with Crippen LogP contribution < -0.4 is 11.1 Å². The number of hydrogen-bond acceptors (Lipinski definition) is 6. The summed E-state index contributed by atoms with van der Waals surface area (Å²) >= 11 is 11.8. The summed E-state index contributed by atoms with van der Waals surface area (Å²) in [5.74, 6) is -4.38. The standard InChI is InChI=1S/C15H16Cl2N2O4.C2HF3O2/c16-9-2-1-3-10(17)13(9)15(22)23-7-12(20)11(18)6-8-4-5-19-14(8)21;3-2(4,5)1(6)7/h1-3,8,11H,4-7,18H2,(H,19,21);(H,6,7)/t8-,11?;/m0./s1. The molecule has 1 aliphatic rings. The summed E-state index contributed by atoms with van der Waals surface area (Å²) in [4.78, 5) is 44.3. The first kappa shape index (κ1) is 25.7. The minimum absolute atomic E-state index is 0.00683. The van der Waals surface area contributed by atoms with Gasteiger partial charge in [-0.1, -0.05) is 29.3 Å². The Balaban J connectivity index is 0.000000553. The molecular formula is C17H17Cl2F3N2O6. The molecule has 1 unspecified atom stereocenters. The molecule has 1 amide bonds. The number of hydrogen-bond donors (Lipinski definition) is 3. The molecular weight excluding hydrogens is 456 g/mol. The van der Waals surface area contributed by atoms with E-state index in [4.69, 9.17) is 43.6 Å². The zero-order chi connectivity index (χ0) is 23.1. The van der Waals surface area contributed by atoms with Crippen molar-refractivity contribution in [3.63, 3.8) is 0 Å². The number of amides is 1. The molecule has 1 fully saturated rings. The van der Waals surface area contributed by atoms with Crippen molar-refractivity contribution in [1.29, 1.82) is 0 Å². The molecule has 2 rings (SSSR count). The molecule has 0 radical (unpaired) electrons. The van der Waals surface area contributed by atoms with Crippen molar-refractivity contribution in [2.75, 3.05) is 13.2 Å². The first-order chi connectivity index (χ1) is 13.8. The molecule has 4 N–H and O–H groups in total. The highest BCUT2D eigenvalue weighted by Gasteiger charge is 2.38. The lowest BCUT2D eigenvalue weighted by Crippen LogP contribution is -2.37. The lowest BCUT2D eigenvalue weighted by molar-refractivity contribution is -0.192. The fourth-order valence-electron chi connectivity index (χ4n) is 2.32. The quantitative estimate of drug-likeness (QED) is 0.539. The van der Waals surface area contributed by atoms with Gasteiger partial charge in [0, 0.05) is 12.5 Å². The van der Waals surface area contributed by atoms with Crippen molar-refractivity contribution in [3.05, 3.63) is 33.8 Å². The maximum atomic E-state index is 12.0. The fourth-order valence-corrected chi connectivity index (χ4v) is 2.87. The largest absolute Gasteiger partial charge is 0.490 e. The summed E-state index contributed by atoms with van der Waals surface area (Å²) in [5.41, 5.74) is 5.78. The highest BCUT2D eigenvalue weighted by Crippen LogP contribution is 2.25. The number of benzene rings is 1. The molecule has 13 heteroatoms. The molecule has 1 aromatic carbocycles. The van der Waals surface area contributed by atoms with Gasteiger partial charge in [-0.3, -0.25) is 9.59 Å². The van der Waals surface area contributed by atoms with E-state index in [0.717, 1.165) is 0 Å². The molecule has 0 spiro atoms. The molecule has 8 nitrogen and oxygen atoms in total. The van der Waals surface area contributed by atoms with Gasteiger partial charge < -0.3 is 20.9 Å². The number of ether oxygens (including phenoxy) is 1. The number of esters is 1. The molecule has 1 aromatic rings. The zero-order valence-electron chi connectivity index (χ0n) is 15.2. The van der Waals surface area contributed by atoms with E-state index in [9.17, 15) is 27.6 Å². The summed E-state index contributed by atoms with van der Waals surface area (Å²) in [6.07, 6.45) is -4.20. The van der Waals surface area contributed by atoms with Crippen molar-refractivity contribution in [3.8, 4) is 0 Å².